The molecule has 0 heterocycles. The fourth-order valence-electron chi connectivity index (χ4n) is 1.22. The van der Waals surface area contributed by atoms with Crippen molar-refractivity contribution in [3.63, 3.8) is 0 Å². The molecule has 0 aliphatic heterocycles. The second-order valence-electron chi connectivity index (χ2n) is 3.40. The molecular weight excluding hydrogens is 224 g/mol. The van der Waals surface area contributed by atoms with E-state index in [0.29, 0.717) is 17.6 Å². The molecule has 1 aromatic carbocycles. The Morgan fingerprint density at radius 1 is 1.00 bits per heavy atom. The molecule has 1 radical (unpaired) electrons. The Bertz CT molecular complexity index is 364. The summed E-state index contributed by atoms with van der Waals surface area (Å²) in [6.45, 7) is 3.35. The highest BCUT2D eigenvalue weighted by Crippen LogP contribution is 2.29. The lowest BCUT2D eigenvalue weighted by Crippen LogP contribution is -2.10. The van der Waals surface area contributed by atoms with E-state index in [9.17, 15) is 4.79 Å². The van der Waals surface area contributed by atoms with Crippen LogP contribution >= 0.6 is 0 Å². The van der Waals surface area contributed by atoms with Crippen molar-refractivity contribution in [2.75, 3.05) is 14.2 Å². The lowest BCUT2D eigenvalue weighted by atomic mass is 10.2. The van der Waals surface area contributed by atoms with Gasteiger partial charge >= 0.3 is 5.97 Å². The third kappa shape index (κ3) is 3.35. The summed E-state index contributed by atoms with van der Waals surface area (Å²) in [7, 11) is 2.92. The molecule has 0 bridgehead atoms. The molecule has 0 amide bonds. The first-order valence-electron chi connectivity index (χ1n) is 5.00. The zero-order valence-electron chi connectivity index (χ0n) is 10.3. The fraction of sp³-hybridized carbons (Fsp3) is 0.333. The van der Waals surface area contributed by atoms with Gasteiger partial charge in [0.05, 0.1) is 14.2 Å². The van der Waals surface area contributed by atoms with E-state index in [1.54, 1.807) is 32.0 Å². The Morgan fingerprint density at radius 2 is 1.53 bits per heavy atom. The molecule has 0 unspecified atom stereocenters. The second-order valence-corrected chi connectivity index (χ2v) is 3.40. The molecule has 5 nitrogen and oxygen atoms in total. The van der Waals surface area contributed by atoms with Crippen LogP contribution in [0, 0.1) is 6.10 Å². The number of ether oxygens (including phenoxy) is 2. The third-order valence-electron chi connectivity index (χ3n) is 1.92. The summed E-state index contributed by atoms with van der Waals surface area (Å²) in [5, 5.41) is 0. The normalized spacial score (nSPS) is 10.2. The quantitative estimate of drug-likeness (QED) is 0.583. The van der Waals surface area contributed by atoms with Crippen LogP contribution in [0.2, 0.25) is 0 Å². The van der Waals surface area contributed by atoms with Crippen LogP contribution in [0.4, 0.5) is 0 Å². The summed E-state index contributed by atoms with van der Waals surface area (Å²) < 4.78 is 10.1. The molecule has 0 saturated carbocycles. The summed E-state index contributed by atoms with van der Waals surface area (Å²) in [6.07, 6.45) is 0.521. The average Bonchev–Trinajstić information content (AvgIpc) is 2.34. The average molecular weight is 239 g/mol. The molecule has 93 valence electrons. The monoisotopic (exact) mass is 239 g/mol. The predicted molar refractivity (Wildman–Crippen MR) is 60.6 cm³/mol. The van der Waals surface area contributed by atoms with Crippen LogP contribution in [-0.2, 0) is 9.78 Å². The van der Waals surface area contributed by atoms with Crippen LogP contribution in [0.15, 0.2) is 18.2 Å². The Morgan fingerprint density at radius 3 is 1.94 bits per heavy atom. The van der Waals surface area contributed by atoms with Gasteiger partial charge in [0.2, 0.25) is 0 Å². The zero-order chi connectivity index (χ0) is 12.8. The number of hydrogen-bond donors (Lipinski definition) is 0. The van der Waals surface area contributed by atoms with Crippen molar-refractivity contribution < 1.29 is 24.0 Å². The van der Waals surface area contributed by atoms with Crippen molar-refractivity contribution in [1.29, 1.82) is 0 Å². The van der Waals surface area contributed by atoms with E-state index < -0.39 is 5.97 Å². The summed E-state index contributed by atoms with van der Waals surface area (Å²) in [6, 6.07) is 5.00. The molecule has 0 aliphatic rings. The lowest BCUT2D eigenvalue weighted by Gasteiger charge is -2.11. The van der Waals surface area contributed by atoms with Crippen molar-refractivity contribution in [2.24, 2.45) is 0 Å². The van der Waals surface area contributed by atoms with Gasteiger partial charge in [-0.15, -0.1) is 0 Å². The van der Waals surface area contributed by atoms with Crippen molar-refractivity contribution in [3.05, 3.63) is 29.9 Å². The first-order valence-corrected chi connectivity index (χ1v) is 5.00. The van der Waals surface area contributed by atoms with Crippen LogP contribution in [0.5, 0.6) is 11.5 Å². The summed E-state index contributed by atoms with van der Waals surface area (Å²) >= 11 is 0. The third-order valence-corrected chi connectivity index (χ3v) is 1.92. The Balaban J connectivity index is 2.97. The minimum absolute atomic E-state index is 0.193. The number of methoxy groups -OCH3 is 2. The fourth-order valence-corrected chi connectivity index (χ4v) is 1.22. The summed E-state index contributed by atoms with van der Waals surface area (Å²) in [5.74, 6) is 0.0684. The minimum Gasteiger partial charge on any atom is -0.496 e. The van der Waals surface area contributed by atoms with Crippen LogP contribution < -0.4 is 9.47 Å². The molecule has 1 aromatic rings. The highest BCUT2D eigenvalue weighted by molar-refractivity contribution is 5.95. The van der Waals surface area contributed by atoms with Gasteiger partial charge in [0.25, 0.3) is 0 Å². The van der Waals surface area contributed by atoms with Crippen LogP contribution in [0.3, 0.4) is 0 Å². The van der Waals surface area contributed by atoms with Crippen LogP contribution in [-0.4, -0.2) is 20.2 Å². The highest BCUT2D eigenvalue weighted by Gasteiger charge is 2.21. The van der Waals surface area contributed by atoms with Gasteiger partial charge in [-0.25, -0.2) is 4.79 Å². The number of carbonyl (C=O) groups excluding carboxylic acids is 1. The van der Waals surface area contributed by atoms with Gasteiger partial charge < -0.3 is 9.47 Å². The number of benzene rings is 1. The first kappa shape index (κ1) is 13.3. The zero-order valence-corrected chi connectivity index (χ0v) is 10.3. The van der Waals surface area contributed by atoms with E-state index in [1.165, 1.54) is 14.2 Å². The molecule has 1 rings (SSSR count). The van der Waals surface area contributed by atoms with Crippen LogP contribution in [0.1, 0.15) is 24.2 Å². The molecule has 5 heteroatoms. The van der Waals surface area contributed by atoms with Crippen LogP contribution in [0.25, 0.3) is 0 Å². The first-order chi connectivity index (χ1) is 8.10. The SMILES string of the molecule is COc1cccc(OC)c1C(=O)OO[C](C)C. The largest absolute Gasteiger partial charge is 0.496 e. The smallest absolute Gasteiger partial charge is 0.380 e. The molecule has 0 N–H and O–H groups in total. The molecule has 0 fully saturated rings. The summed E-state index contributed by atoms with van der Waals surface area (Å²) in [4.78, 5) is 21.1. The van der Waals surface area contributed by atoms with Gasteiger partial charge in [-0.1, -0.05) is 6.07 Å². The van der Waals surface area contributed by atoms with E-state index in [2.05, 4.69) is 4.89 Å². The van der Waals surface area contributed by atoms with E-state index in [1.807, 2.05) is 0 Å². The molecule has 0 saturated heterocycles. The Kier molecular flexibility index (Phi) is 4.78. The number of hydrogen-bond acceptors (Lipinski definition) is 5. The van der Waals surface area contributed by atoms with Gasteiger partial charge in [0.15, 0.2) is 0 Å². The Hall–Kier alpha value is -1.75. The standard InChI is InChI=1S/C12H15O5/c1-8(2)16-17-12(13)11-9(14-3)6-5-7-10(11)15-4/h5-7H,1-4H3. The topological polar surface area (TPSA) is 54.0 Å². The maximum absolute atomic E-state index is 11.8. The Labute approximate surface area is 100 Å². The van der Waals surface area contributed by atoms with E-state index >= 15 is 0 Å². The van der Waals surface area contributed by atoms with Crippen molar-refractivity contribution in [1.82, 2.24) is 0 Å². The van der Waals surface area contributed by atoms with Gasteiger partial charge in [-0.05, 0) is 26.0 Å². The highest BCUT2D eigenvalue weighted by atomic mass is 17.2. The van der Waals surface area contributed by atoms with Gasteiger partial charge in [-0.2, -0.15) is 4.89 Å². The van der Waals surface area contributed by atoms with E-state index in [0.717, 1.165) is 0 Å². The van der Waals surface area contributed by atoms with E-state index in [4.69, 9.17) is 14.4 Å². The minimum atomic E-state index is -0.666. The van der Waals surface area contributed by atoms with Gasteiger partial charge in [-0.3, -0.25) is 4.89 Å². The van der Waals surface area contributed by atoms with Crippen molar-refractivity contribution in [2.45, 2.75) is 13.8 Å². The molecule has 17 heavy (non-hydrogen) atoms. The molecular formula is C12H15O5. The van der Waals surface area contributed by atoms with Gasteiger partial charge in [0, 0.05) is 0 Å². The summed E-state index contributed by atoms with van der Waals surface area (Å²) in [5.41, 5.74) is 0.193. The van der Waals surface area contributed by atoms with E-state index in [-0.39, 0.29) is 5.56 Å². The molecule has 0 atom stereocenters. The second kappa shape index (κ2) is 6.10. The molecule has 0 aromatic heterocycles. The van der Waals surface area contributed by atoms with Crippen molar-refractivity contribution in [3.8, 4) is 11.5 Å². The van der Waals surface area contributed by atoms with Crippen molar-refractivity contribution >= 4 is 5.97 Å². The number of rotatable bonds is 5. The lowest BCUT2D eigenvalue weighted by molar-refractivity contribution is -0.229. The van der Waals surface area contributed by atoms with Gasteiger partial charge in [0.1, 0.15) is 23.2 Å². The molecule has 0 aliphatic carbocycles. The predicted octanol–water partition coefficient (Wildman–Crippen LogP) is 2.36. The maximum atomic E-state index is 11.8. The maximum Gasteiger partial charge on any atom is 0.380 e. The molecule has 0 spiro atoms. The number of carbonyl (C=O) groups is 1.